The summed E-state index contributed by atoms with van der Waals surface area (Å²) < 4.78 is 11.0. The van der Waals surface area contributed by atoms with Crippen molar-refractivity contribution < 1.29 is 24.2 Å². The maximum Gasteiger partial charge on any atom is 0.307 e. The highest BCUT2D eigenvalue weighted by Crippen LogP contribution is 2.20. The van der Waals surface area contributed by atoms with Crippen LogP contribution in [0, 0.1) is 0 Å². The second kappa shape index (κ2) is 11.2. The first-order valence-electron chi connectivity index (χ1n) is 10.1. The normalized spacial score (nSPS) is 14.4. The Kier molecular flexibility index (Phi) is 8.11. The van der Waals surface area contributed by atoms with Crippen LogP contribution < -0.4 is 15.1 Å². The summed E-state index contributed by atoms with van der Waals surface area (Å²) in [5.74, 6) is -0.237. The summed E-state index contributed by atoms with van der Waals surface area (Å²) in [6, 6.07) is 15.4. The molecule has 1 aliphatic rings. The molecule has 1 heterocycles. The van der Waals surface area contributed by atoms with E-state index in [1.807, 2.05) is 13.0 Å². The lowest BCUT2D eigenvalue weighted by atomic mass is 10.1. The average Bonchev–Trinajstić information content (AvgIpc) is 2.77. The molecular weight excluding hydrogens is 384 g/mol. The summed E-state index contributed by atoms with van der Waals surface area (Å²) in [7, 11) is 0. The molecule has 7 heteroatoms. The number of morpholine rings is 1. The van der Waals surface area contributed by atoms with Crippen molar-refractivity contribution in [2.45, 2.75) is 13.3 Å². The van der Waals surface area contributed by atoms with Gasteiger partial charge in [-0.05, 0) is 42.3 Å². The summed E-state index contributed by atoms with van der Waals surface area (Å²) in [6.45, 7) is 5.99. The first-order chi connectivity index (χ1) is 14.7. The molecule has 2 N–H and O–H groups in total. The van der Waals surface area contributed by atoms with E-state index >= 15 is 0 Å². The molecule has 1 aliphatic heterocycles. The van der Waals surface area contributed by atoms with Crippen LogP contribution in [0.15, 0.2) is 54.6 Å². The molecule has 7 nitrogen and oxygen atoms in total. The van der Waals surface area contributed by atoms with Gasteiger partial charge in [0.05, 0.1) is 25.3 Å². The molecule has 2 aromatic carbocycles. The van der Waals surface area contributed by atoms with E-state index in [0.29, 0.717) is 24.5 Å². The second-order valence-corrected chi connectivity index (χ2v) is 6.87. The van der Waals surface area contributed by atoms with E-state index in [4.69, 9.17) is 19.4 Å². The molecular formula is C23H28N2O5. The fraction of sp³-hybridized carbons (Fsp3) is 0.348. The Morgan fingerprint density at radius 1 is 1.17 bits per heavy atom. The average molecular weight is 412 g/mol. The van der Waals surface area contributed by atoms with Gasteiger partial charge in [-0.2, -0.15) is 0 Å². The lowest BCUT2D eigenvalue weighted by Gasteiger charge is -2.29. The zero-order valence-corrected chi connectivity index (χ0v) is 17.2. The van der Waals surface area contributed by atoms with Gasteiger partial charge in [0.25, 0.3) is 0 Å². The van der Waals surface area contributed by atoms with Gasteiger partial charge in [-0.3, -0.25) is 15.1 Å². The maximum absolute atomic E-state index is 10.8. The second-order valence-electron chi connectivity index (χ2n) is 6.87. The van der Waals surface area contributed by atoms with Gasteiger partial charge in [-0.15, -0.1) is 0 Å². The third kappa shape index (κ3) is 6.50. The number of carbonyl (C=O) groups is 1. The molecule has 0 radical (unpaired) electrons. The van der Waals surface area contributed by atoms with Crippen molar-refractivity contribution in [3.8, 4) is 5.75 Å². The van der Waals surface area contributed by atoms with Crippen molar-refractivity contribution in [3.05, 3.63) is 65.7 Å². The van der Waals surface area contributed by atoms with Crippen LogP contribution in [0.1, 0.15) is 18.1 Å². The Labute approximate surface area is 176 Å². The summed E-state index contributed by atoms with van der Waals surface area (Å²) in [6.07, 6.45) is 1.93. The van der Waals surface area contributed by atoms with Gasteiger partial charge in [0.15, 0.2) is 0 Å². The quantitative estimate of drug-likeness (QED) is 0.458. The Bertz CT molecular complexity index is 845. The van der Waals surface area contributed by atoms with Crippen LogP contribution in [-0.4, -0.2) is 50.6 Å². The Hall–Kier alpha value is -3.03. The number of carboxylic acids is 1. The number of ether oxygens (including phenoxy) is 2. The SMILES string of the molecule is CC=C(NOCCOc1cccc(CC(=O)O)c1)c1ccc(N2CCOCC2)cc1. The summed E-state index contributed by atoms with van der Waals surface area (Å²) >= 11 is 0. The predicted octanol–water partition coefficient (Wildman–Crippen LogP) is 3.11. The molecule has 1 saturated heterocycles. The number of hydrogen-bond acceptors (Lipinski definition) is 6. The van der Waals surface area contributed by atoms with Gasteiger partial charge in [0, 0.05) is 18.8 Å². The Morgan fingerprint density at radius 2 is 1.93 bits per heavy atom. The van der Waals surface area contributed by atoms with Crippen LogP contribution in [0.2, 0.25) is 0 Å². The van der Waals surface area contributed by atoms with Crippen LogP contribution in [0.5, 0.6) is 5.75 Å². The van der Waals surface area contributed by atoms with Crippen LogP contribution in [0.3, 0.4) is 0 Å². The van der Waals surface area contributed by atoms with E-state index in [0.717, 1.165) is 37.6 Å². The number of hydrogen-bond donors (Lipinski definition) is 2. The molecule has 1 fully saturated rings. The highest BCUT2D eigenvalue weighted by Gasteiger charge is 2.11. The lowest BCUT2D eigenvalue weighted by molar-refractivity contribution is -0.136. The first-order valence-corrected chi connectivity index (χ1v) is 10.1. The molecule has 0 unspecified atom stereocenters. The van der Waals surface area contributed by atoms with Crippen molar-refractivity contribution in [1.82, 2.24) is 5.48 Å². The summed E-state index contributed by atoms with van der Waals surface area (Å²) in [5, 5.41) is 8.87. The van der Waals surface area contributed by atoms with Gasteiger partial charge in [0.1, 0.15) is 19.0 Å². The van der Waals surface area contributed by atoms with Crippen LogP contribution in [-0.2, 0) is 20.8 Å². The van der Waals surface area contributed by atoms with E-state index < -0.39 is 5.97 Å². The van der Waals surface area contributed by atoms with Crippen molar-refractivity contribution in [2.75, 3.05) is 44.4 Å². The largest absolute Gasteiger partial charge is 0.491 e. The highest BCUT2D eigenvalue weighted by atomic mass is 16.7. The highest BCUT2D eigenvalue weighted by molar-refractivity contribution is 5.70. The summed E-state index contributed by atoms with van der Waals surface area (Å²) in [4.78, 5) is 18.7. The van der Waals surface area contributed by atoms with Crippen molar-refractivity contribution in [3.63, 3.8) is 0 Å². The minimum absolute atomic E-state index is 0.0236. The Morgan fingerprint density at radius 3 is 2.63 bits per heavy atom. The molecule has 2 aromatic rings. The fourth-order valence-electron chi connectivity index (χ4n) is 3.21. The topological polar surface area (TPSA) is 80.3 Å². The van der Waals surface area contributed by atoms with Gasteiger partial charge in [-0.25, -0.2) is 0 Å². The van der Waals surface area contributed by atoms with Gasteiger partial charge in [0.2, 0.25) is 0 Å². The standard InChI is InChI=1S/C23H28N2O5/c1-2-22(19-6-8-20(9-7-19)25-10-12-28-13-11-25)24-30-15-14-29-21-5-3-4-18(16-21)17-23(26)27/h2-9,16,24H,10-15,17H2,1H3,(H,26,27). The van der Waals surface area contributed by atoms with Crippen LogP contribution in [0.4, 0.5) is 5.69 Å². The number of nitrogens with one attached hydrogen (secondary N) is 1. The Balaban J connectivity index is 1.43. The van der Waals surface area contributed by atoms with E-state index in [-0.39, 0.29) is 6.42 Å². The minimum Gasteiger partial charge on any atom is -0.491 e. The smallest absolute Gasteiger partial charge is 0.307 e. The van der Waals surface area contributed by atoms with Gasteiger partial charge in [-0.1, -0.05) is 30.3 Å². The molecule has 0 saturated carbocycles. The maximum atomic E-state index is 10.8. The molecule has 30 heavy (non-hydrogen) atoms. The van der Waals surface area contributed by atoms with E-state index in [1.54, 1.807) is 24.3 Å². The summed E-state index contributed by atoms with van der Waals surface area (Å²) in [5.41, 5.74) is 6.79. The number of hydroxylamine groups is 1. The monoisotopic (exact) mass is 412 g/mol. The van der Waals surface area contributed by atoms with Gasteiger partial charge < -0.3 is 19.5 Å². The third-order valence-corrected chi connectivity index (χ3v) is 4.73. The van der Waals surface area contributed by atoms with Gasteiger partial charge >= 0.3 is 5.97 Å². The van der Waals surface area contributed by atoms with E-state index in [2.05, 4.69) is 34.6 Å². The molecule has 0 aliphatic carbocycles. The number of anilines is 1. The zero-order chi connectivity index (χ0) is 21.2. The number of allylic oxidation sites excluding steroid dienone is 1. The molecule has 3 rings (SSSR count). The number of rotatable bonds is 10. The van der Waals surface area contributed by atoms with Crippen molar-refractivity contribution >= 4 is 17.4 Å². The third-order valence-electron chi connectivity index (χ3n) is 4.73. The molecule has 0 spiro atoms. The van der Waals surface area contributed by atoms with Crippen molar-refractivity contribution in [1.29, 1.82) is 0 Å². The molecule has 0 bridgehead atoms. The number of carboxylic acid groups (broad SMARTS) is 1. The minimum atomic E-state index is -0.864. The lowest BCUT2D eigenvalue weighted by Crippen LogP contribution is -2.36. The van der Waals surface area contributed by atoms with Crippen molar-refractivity contribution in [2.24, 2.45) is 0 Å². The molecule has 0 aromatic heterocycles. The number of benzene rings is 2. The number of aliphatic carboxylic acids is 1. The van der Waals surface area contributed by atoms with E-state index in [1.165, 1.54) is 5.69 Å². The van der Waals surface area contributed by atoms with Crippen LogP contribution >= 0.6 is 0 Å². The fourth-order valence-corrected chi connectivity index (χ4v) is 3.21. The van der Waals surface area contributed by atoms with E-state index in [9.17, 15) is 4.79 Å². The molecule has 160 valence electrons. The zero-order valence-electron chi connectivity index (χ0n) is 17.2. The van der Waals surface area contributed by atoms with Crippen LogP contribution in [0.25, 0.3) is 5.70 Å². The molecule has 0 amide bonds. The number of nitrogens with zero attached hydrogens (tertiary/aromatic N) is 1. The first kappa shape index (κ1) is 21.7. The molecule has 0 atom stereocenters. The predicted molar refractivity (Wildman–Crippen MR) is 115 cm³/mol.